The maximum atomic E-state index is 11.7. The van der Waals surface area contributed by atoms with Crippen molar-refractivity contribution >= 4 is 22.8 Å². The molecule has 0 spiro atoms. The monoisotopic (exact) mass is 406 g/mol. The molecule has 8 nitrogen and oxygen atoms in total. The number of rotatable bonds is 3. The van der Waals surface area contributed by atoms with Gasteiger partial charge in [-0.2, -0.15) is 5.10 Å². The summed E-state index contributed by atoms with van der Waals surface area (Å²) in [6.07, 6.45) is 3.66. The summed E-state index contributed by atoms with van der Waals surface area (Å²) in [6, 6.07) is 10.3. The number of likely N-dealkylation sites (tertiary alicyclic amines) is 1. The third-order valence-corrected chi connectivity index (χ3v) is 6.03. The van der Waals surface area contributed by atoms with Gasteiger partial charge in [-0.1, -0.05) is 30.3 Å². The minimum atomic E-state index is 0.141. The van der Waals surface area contributed by atoms with Gasteiger partial charge in [-0.05, 0) is 12.8 Å². The van der Waals surface area contributed by atoms with Crippen LogP contribution in [0.4, 0.5) is 5.82 Å². The van der Waals surface area contributed by atoms with Gasteiger partial charge in [0.25, 0.3) is 0 Å². The largest absolute Gasteiger partial charge is 0.378 e. The molecule has 0 atom stereocenters. The zero-order valence-corrected chi connectivity index (χ0v) is 17.2. The van der Waals surface area contributed by atoms with Crippen molar-refractivity contribution in [2.45, 2.75) is 25.8 Å². The van der Waals surface area contributed by atoms with Gasteiger partial charge in [0, 0.05) is 38.7 Å². The number of carbonyl (C=O) groups is 1. The first-order valence-corrected chi connectivity index (χ1v) is 10.6. The second kappa shape index (κ2) is 8.02. The fraction of sp³-hybridized carbons (Fsp3) is 0.455. The number of hydrogen-bond donors (Lipinski definition) is 0. The van der Waals surface area contributed by atoms with Gasteiger partial charge in [0.05, 0.1) is 30.8 Å². The second-order valence-corrected chi connectivity index (χ2v) is 7.90. The van der Waals surface area contributed by atoms with Crippen molar-refractivity contribution in [2.24, 2.45) is 0 Å². The molecule has 4 heterocycles. The molecule has 0 unspecified atom stereocenters. The van der Waals surface area contributed by atoms with E-state index >= 15 is 0 Å². The number of aromatic nitrogens is 4. The highest BCUT2D eigenvalue weighted by molar-refractivity contribution is 5.89. The van der Waals surface area contributed by atoms with E-state index in [2.05, 4.69) is 4.90 Å². The summed E-state index contributed by atoms with van der Waals surface area (Å²) in [5.74, 6) is 1.78. The summed E-state index contributed by atoms with van der Waals surface area (Å²) in [7, 11) is 0. The molecule has 0 bridgehead atoms. The fourth-order valence-corrected chi connectivity index (χ4v) is 4.34. The molecule has 156 valence electrons. The lowest BCUT2D eigenvalue weighted by atomic mass is 10.1. The molecule has 2 saturated heterocycles. The van der Waals surface area contributed by atoms with Crippen LogP contribution in [0.3, 0.4) is 0 Å². The summed E-state index contributed by atoms with van der Waals surface area (Å²) >= 11 is 0. The Bertz CT molecular complexity index is 1040. The molecule has 30 heavy (non-hydrogen) atoms. The number of hydrogen-bond acceptors (Lipinski definition) is 6. The average molecular weight is 406 g/mol. The standard InChI is InChI=1S/C22H26N6O2/c1-16(29)26-9-7-18(8-10-26)28-22-19(15-23-28)21(27-11-13-30-14-12-27)24-20(25-22)17-5-3-2-4-6-17/h2-6,15,18H,7-14H2,1H3. The summed E-state index contributed by atoms with van der Waals surface area (Å²) in [6.45, 7) is 6.17. The highest BCUT2D eigenvalue weighted by Gasteiger charge is 2.26. The lowest BCUT2D eigenvalue weighted by Crippen LogP contribution is -2.38. The minimum absolute atomic E-state index is 0.141. The number of fused-ring (bicyclic) bond motifs is 1. The number of ether oxygens (including phenoxy) is 1. The van der Waals surface area contributed by atoms with E-state index in [1.165, 1.54) is 0 Å². The van der Waals surface area contributed by atoms with E-state index in [9.17, 15) is 4.79 Å². The molecule has 0 radical (unpaired) electrons. The molecule has 0 saturated carbocycles. The summed E-state index contributed by atoms with van der Waals surface area (Å²) in [5.41, 5.74) is 1.86. The Morgan fingerprint density at radius 1 is 1.03 bits per heavy atom. The minimum Gasteiger partial charge on any atom is -0.378 e. The predicted octanol–water partition coefficient (Wildman–Crippen LogP) is 2.51. The Labute approximate surface area is 175 Å². The molecule has 1 aromatic carbocycles. The van der Waals surface area contributed by atoms with Crippen molar-refractivity contribution in [1.82, 2.24) is 24.6 Å². The van der Waals surface area contributed by atoms with Crippen LogP contribution in [0, 0.1) is 0 Å². The number of piperidine rings is 1. The number of anilines is 1. The van der Waals surface area contributed by atoms with Gasteiger partial charge in [-0.15, -0.1) is 0 Å². The number of benzene rings is 1. The normalized spacial score (nSPS) is 18.2. The van der Waals surface area contributed by atoms with Gasteiger partial charge in [0.15, 0.2) is 11.5 Å². The second-order valence-electron chi connectivity index (χ2n) is 7.90. The molecule has 8 heteroatoms. The van der Waals surface area contributed by atoms with Crippen LogP contribution in [0.1, 0.15) is 25.8 Å². The fourth-order valence-electron chi connectivity index (χ4n) is 4.34. The maximum Gasteiger partial charge on any atom is 0.219 e. The summed E-state index contributed by atoms with van der Waals surface area (Å²) in [5, 5.41) is 5.71. The van der Waals surface area contributed by atoms with Gasteiger partial charge < -0.3 is 14.5 Å². The Kier molecular flexibility index (Phi) is 5.08. The molecule has 0 aliphatic carbocycles. The van der Waals surface area contributed by atoms with Crippen molar-refractivity contribution in [3.63, 3.8) is 0 Å². The molecular weight excluding hydrogens is 380 g/mol. The third-order valence-electron chi connectivity index (χ3n) is 6.03. The smallest absolute Gasteiger partial charge is 0.219 e. The first kappa shape index (κ1) is 19.0. The van der Waals surface area contributed by atoms with E-state index in [1.807, 2.05) is 46.1 Å². The van der Waals surface area contributed by atoms with Gasteiger partial charge in [-0.25, -0.2) is 14.6 Å². The van der Waals surface area contributed by atoms with E-state index in [0.29, 0.717) is 19.0 Å². The molecule has 1 amide bonds. The first-order chi connectivity index (χ1) is 14.7. The van der Waals surface area contributed by atoms with Crippen LogP contribution in [0.25, 0.3) is 22.4 Å². The van der Waals surface area contributed by atoms with Crippen LogP contribution in [0.2, 0.25) is 0 Å². The molecule has 5 rings (SSSR count). The average Bonchev–Trinajstić information content (AvgIpc) is 3.24. The first-order valence-electron chi connectivity index (χ1n) is 10.6. The summed E-state index contributed by atoms with van der Waals surface area (Å²) in [4.78, 5) is 25.8. The maximum absolute atomic E-state index is 11.7. The molecule has 3 aromatic rings. The van der Waals surface area contributed by atoms with Crippen molar-refractivity contribution in [2.75, 3.05) is 44.3 Å². The van der Waals surface area contributed by atoms with Crippen molar-refractivity contribution < 1.29 is 9.53 Å². The van der Waals surface area contributed by atoms with E-state index < -0.39 is 0 Å². The Balaban J connectivity index is 1.57. The zero-order valence-electron chi connectivity index (χ0n) is 17.2. The zero-order chi connectivity index (χ0) is 20.5. The van der Waals surface area contributed by atoms with Gasteiger partial charge in [0.1, 0.15) is 5.82 Å². The van der Waals surface area contributed by atoms with Crippen molar-refractivity contribution in [3.05, 3.63) is 36.5 Å². The summed E-state index contributed by atoms with van der Waals surface area (Å²) < 4.78 is 7.59. The lowest BCUT2D eigenvalue weighted by Gasteiger charge is -2.31. The van der Waals surface area contributed by atoms with Crippen LogP contribution in [0.5, 0.6) is 0 Å². The van der Waals surface area contributed by atoms with E-state index in [1.54, 1.807) is 6.92 Å². The predicted molar refractivity (Wildman–Crippen MR) is 114 cm³/mol. The van der Waals surface area contributed by atoms with Gasteiger partial charge in [0.2, 0.25) is 5.91 Å². The number of morpholine rings is 1. The third kappa shape index (κ3) is 3.52. The molecule has 0 N–H and O–H groups in total. The van der Waals surface area contributed by atoms with Crippen molar-refractivity contribution in [3.8, 4) is 11.4 Å². The van der Waals surface area contributed by atoms with Crippen molar-refractivity contribution in [1.29, 1.82) is 0 Å². The molecular formula is C22H26N6O2. The molecule has 2 aromatic heterocycles. The molecule has 2 fully saturated rings. The van der Waals surface area contributed by atoms with Gasteiger partial charge in [-0.3, -0.25) is 4.79 Å². The number of nitrogens with zero attached hydrogens (tertiary/aromatic N) is 6. The number of amides is 1. The van der Waals surface area contributed by atoms with E-state index in [4.69, 9.17) is 19.8 Å². The Morgan fingerprint density at radius 2 is 1.77 bits per heavy atom. The topological polar surface area (TPSA) is 76.4 Å². The SMILES string of the molecule is CC(=O)N1CCC(n2ncc3c(N4CCOCC4)nc(-c4ccccc4)nc32)CC1. The van der Waals surface area contributed by atoms with Crippen LogP contribution in [0.15, 0.2) is 36.5 Å². The van der Waals surface area contributed by atoms with Crippen LogP contribution < -0.4 is 4.90 Å². The molecule has 2 aliphatic heterocycles. The quantitative estimate of drug-likeness (QED) is 0.665. The van der Waals surface area contributed by atoms with E-state index in [0.717, 1.165) is 61.4 Å². The lowest BCUT2D eigenvalue weighted by molar-refractivity contribution is -0.130. The van der Waals surface area contributed by atoms with Crippen LogP contribution in [-0.4, -0.2) is 69.9 Å². The highest BCUT2D eigenvalue weighted by Crippen LogP contribution is 2.32. The van der Waals surface area contributed by atoms with Gasteiger partial charge >= 0.3 is 0 Å². The Morgan fingerprint density at radius 3 is 2.47 bits per heavy atom. The Hall–Kier alpha value is -3.00. The van der Waals surface area contributed by atoms with E-state index in [-0.39, 0.29) is 11.9 Å². The van der Waals surface area contributed by atoms with Crippen LogP contribution in [-0.2, 0) is 9.53 Å². The molecule has 2 aliphatic rings. The highest BCUT2D eigenvalue weighted by atomic mass is 16.5. The van der Waals surface area contributed by atoms with Crippen LogP contribution >= 0.6 is 0 Å². The number of carbonyl (C=O) groups excluding carboxylic acids is 1.